The Morgan fingerprint density at radius 3 is 2.17 bits per heavy atom. The summed E-state index contributed by atoms with van der Waals surface area (Å²) in [6.07, 6.45) is -3.10. The van der Waals surface area contributed by atoms with Crippen LogP contribution in [0.1, 0.15) is 18.1 Å². The van der Waals surface area contributed by atoms with Crippen molar-refractivity contribution >= 4 is 29.5 Å². The summed E-state index contributed by atoms with van der Waals surface area (Å²) in [6, 6.07) is 12.5. The van der Waals surface area contributed by atoms with Crippen LogP contribution in [0.3, 0.4) is 0 Å². The van der Waals surface area contributed by atoms with Gasteiger partial charge in [0.25, 0.3) is 5.91 Å². The normalized spacial score (nSPS) is 11.5. The number of anilines is 1. The minimum Gasteiger partial charge on any atom is -0.451 e. The highest BCUT2D eigenvalue weighted by Crippen LogP contribution is 2.29. The van der Waals surface area contributed by atoms with E-state index in [1.165, 1.54) is 13.0 Å². The van der Waals surface area contributed by atoms with Crippen LogP contribution in [-0.2, 0) is 25.3 Å². The SMILES string of the molecule is CC(=O)N/C(=C\c1ccccc1)C(=O)OCC(=O)Nc1ccc(C(F)(F)F)cc1. The summed E-state index contributed by atoms with van der Waals surface area (Å²) in [5.74, 6) is -2.19. The van der Waals surface area contributed by atoms with Gasteiger partial charge in [0.05, 0.1) is 5.56 Å². The number of amides is 2. The van der Waals surface area contributed by atoms with Gasteiger partial charge >= 0.3 is 12.1 Å². The number of ether oxygens (including phenoxy) is 1. The van der Waals surface area contributed by atoms with E-state index < -0.39 is 36.1 Å². The Labute approximate surface area is 164 Å². The second kappa shape index (κ2) is 9.54. The topological polar surface area (TPSA) is 84.5 Å². The molecule has 0 bridgehead atoms. The van der Waals surface area contributed by atoms with E-state index in [0.29, 0.717) is 5.56 Å². The van der Waals surface area contributed by atoms with Crippen molar-refractivity contribution < 1.29 is 32.3 Å². The Morgan fingerprint density at radius 1 is 1.00 bits per heavy atom. The van der Waals surface area contributed by atoms with Crippen LogP contribution in [-0.4, -0.2) is 24.4 Å². The molecule has 29 heavy (non-hydrogen) atoms. The van der Waals surface area contributed by atoms with E-state index in [0.717, 1.165) is 24.3 Å². The summed E-state index contributed by atoms with van der Waals surface area (Å²) >= 11 is 0. The van der Waals surface area contributed by atoms with E-state index in [-0.39, 0.29) is 11.4 Å². The molecule has 0 saturated carbocycles. The summed E-state index contributed by atoms with van der Waals surface area (Å²) in [6.45, 7) is 0.523. The highest BCUT2D eigenvalue weighted by atomic mass is 19.4. The molecule has 0 heterocycles. The molecule has 2 N–H and O–H groups in total. The van der Waals surface area contributed by atoms with Crippen LogP contribution < -0.4 is 10.6 Å². The molecule has 0 atom stereocenters. The van der Waals surface area contributed by atoms with Crippen molar-refractivity contribution in [3.05, 3.63) is 71.4 Å². The van der Waals surface area contributed by atoms with Crippen LogP contribution in [0, 0.1) is 0 Å². The van der Waals surface area contributed by atoms with Gasteiger partial charge in [0.1, 0.15) is 5.70 Å². The van der Waals surface area contributed by atoms with Gasteiger partial charge in [-0.15, -0.1) is 0 Å². The van der Waals surface area contributed by atoms with Gasteiger partial charge in [0.2, 0.25) is 5.91 Å². The van der Waals surface area contributed by atoms with Crippen LogP contribution >= 0.6 is 0 Å². The smallest absolute Gasteiger partial charge is 0.416 e. The minimum absolute atomic E-state index is 0.112. The Hall–Kier alpha value is -3.62. The largest absolute Gasteiger partial charge is 0.451 e. The van der Waals surface area contributed by atoms with Gasteiger partial charge in [-0.1, -0.05) is 30.3 Å². The summed E-state index contributed by atoms with van der Waals surface area (Å²) < 4.78 is 42.5. The maximum absolute atomic E-state index is 12.5. The zero-order valence-electron chi connectivity index (χ0n) is 15.2. The summed E-state index contributed by atoms with van der Waals surface area (Å²) in [4.78, 5) is 35.4. The van der Waals surface area contributed by atoms with Crippen LogP contribution in [0.5, 0.6) is 0 Å². The molecule has 0 spiro atoms. The maximum Gasteiger partial charge on any atom is 0.416 e. The summed E-state index contributed by atoms with van der Waals surface area (Å²) in [5.41, 5.74) is -0.276. The van der Waals surface area contributed by atoms with Gasteiger partial charge in [-0.3, -0.25) is 9.59 Å². The number of carbonyl (C=O) groups excluding carboxylic acids is 3. The lowest BCUT2D eigenvalue weighted by Gasteiger charge is -2.10. The standard InChI is InChI=1S/C20H17F3N2O4/c1-13(26)24-17(11-14-5-3-2-4-6-14)19(28)29-12-18(27)25-16-9-7-15(8-10-16)20(21,22)23/h2-11H,12H2,1H3,(H,24,26)(H,25,27)/b17-11-. The third-order valence-corrected chi connectivity index (χ3v) is 3.47. The zero-order chi connectivity index (χ0) is 21.4. The molecule has 6 nitrogen and oxygen atoms in total. The number of benzene rings is 2. The zero-order valence-corrected chi connectivity index (χ0v) is 15.2. The molecule has 2 amide bonds. The number of hydrogen-bond donors (Lipinski definition) is 2. The Kier molecular flexibility index (Phi) is 7.13. The Balaban J connectivity index is 1.97. The lowest BCUT2D eigenvalue weighted by Crippen LogP contribution is -2.28. The number of nitrogens with one attached hydrogen (secondary N) is 2. The van der Waals surface area contributed by atoms with E-state index in [9.17, 15) is 27.6 Å². The van der Waals surface area contributed by atoms with Crippen molar-refractivity contribution in [3.63, 3.8) is 0 Å². The fourth-order valence-electron chi connectivity index (χ4n) is 2.20. The van der Waals surface area contributed by atoms with Crippen LogP contribution in [0.4, 0.5) is 18.9 Å². The highest BCUT2D eigenvalue weighted by molar-refractivity contribution is 5.99. The van der Waals surface area contributed by atoms with Crippen LogP contribution in [0.2, 0.25) is 0 Å². The molecule has 0 aliphatic rings. The Bertz CT molecular complexity index is 908. The Morgan fingerprint density at radius 2 is 1.62 bits per heavy atom. The number of alkyl halides is 3. The summed E-state index contributed by atoms with van der Waals surface area (Å²) in [5, 5.41) is 4.65. The monoisotopic (exact) mass is 406 g/mol. The molecule has 2 aromatic carbocycles. The van der Waals surface area contributed by atoms with Crippen molar-refractivity contribution in [1.29, 1.82) is 0 Å². The fourth-order valence-corrected chi connectivity index (χ4v) is 2.20. The minimum atomic E-state index is -4.48. The molecule has 0 aliphatic heterocycles. The molecular formula is C20H17F3N2O4. The molecule has 0 fully saturated rings. The number of halogens is 3. The van der Waals surface area contributed by atoms with Gasteiger partial charge in [0, 0.05) is 12.6 Å². The van der Waals surface area contributed by atoms with Crippen molar-refractivity contribution in [2.75, 3.05) is 11.9 Å². The first-order chi connectivity index (χ1) is 13.6. The van der Waals surface area contributed by atoms with Gasteiger partial charge in [-0.25, -0.2) is 4.79 Å². The van der Waals surface area contributed by atoms with Crippen LogP contribution in [0.15, 0.2) is 60.3 Å². The first kappa shape index (κ1) is 21.7. The maximum atomic E-state index is 12.5. The third kappa shape index (κ3) is 7.13. The van der Waals surface area contributed by atoms with E-state index in [1.807, 2.05) is 0 Å². The highest BCUT2D eigenvalue weighted by Gasteiger charge is 2.30. The van der Waals surface area contributed by atoms with E-state index in [4.69, 9.17) is 4.74 Å². The van der Waals surface area contributed by atoms with Gasteiger partial charge < -0.3 is 15.4 Å². The molecule has 0 saturated heterocycles. The molecule has 0 aliphatic carbocycles. The molecular weight excluding hydrogens is 389 g/mol. The molecule has 2 rings (SSSR count). The van der Waals surface area contributed by atoms with E-state index in [1.54, 1.807) is 30.3 Å². The lowest BCUT2D eigenvalue weighted by molar-refractivity contribution is -0.144. The first-order valence-corrected chi connectivity index (χ1v) is 8.34. The second-order valence-electron chi connectivity index (χ2n) is 5.85. The van der Waals surface area contributed by atoms with Gasteiger partial charge in [-0.2, -0.15) is 13.2 Å². The fraction of sp³-hybridized carbons (Fsp3) is 0.150. The average molecular weight is 406 g/mol. The predicted octanol–water partition coefficient (Wildman–Crippen LogP) is 3.36. The lowest BCUT2D eigenvalue weighted by atomic mass is 10.2. The summed E-state index contributed by atoms with van der Waals surface area (Å²) in [7, 11) is 0. The molecule has 0 radical (unpaired) electrons. The average Bonchev–Trinajstić information content (AvgIpc) is 2.66. The molecule has 2 aromatic rings. The molecule has 0 aromatic heterocycles. The molecule has 152 valence electrons. The predicted molar refractivity (Wildman–Crippen MR) is 99.3 cm³/mol. The van der Waals surface area contributed by atoms with Gasteiger partial charge in [0.15, 0.2) is 6.61 Å². The number of carbonyl (C=O) groups is 3. The van der Waals surface area contributed by atoms with E-state index in [2.05, 4.69) is 10.6 Å². The number of rotatable bonds is 6. The van der Waals surface area contributed by atoms with Crippen LogP contribution in [0.25, 0.3) is 6.08 Å². The van der Waals surface area contributed by atoms with Crippen molar-refractivity contribution in [2.45, 2.75) is 13.1 Å². The number of esters is 1. The van der Waals surface area contributed by atoms with Crippen molar-refractivity contribution in [3.8, 4) is 0 Å². The van der Waals surface area contributed by atoms with Gasteiger partial charge in [-0.05, 0) is 35.9 Å². The number of hydrogen-bond acceptors (Lipinski definition) is 4. The first-order valence-electron chi connectivity index (χ1n) is 8.34. The molecule has 9 heteroatoms. The third-order valence-electron chi connectivity index (χ3n) is 3.47. The molecule has 0 unspecified atom stereocenters. The second-order valence-corrected chi connectivity index (χ2v) is 5.85. The quantitative estimate of drug-likeness (QED) is 0.569. The van der Waals surface area contributed by atoms with Crippen molar-refractivity contribution in [1.82, 2.24) is 5.32 Å². The van der Waals surface area contributed by atoms with Crippen molar-refractivity contribution in [2.24, 2.45) is 0 Å². The van der Waals surface area contributed by atoms with E-state index >= 15 is 0 Å².